The molecule has 3 rings (SSSR count). The molecule has 4 nitrogen and oxygen atoms in total. The highest BCUT2D eigenvalue weighted by molar-refractivity contribution is 5.90. The first-order valence-electron chi connectivity index (χ1n) is 8.49. The number of fused-ring (bicyclic) bond motifs is 1. The van der Waals surface area contributed by atoms with Gasteiger partial charge in [0.1, 0.15) is 5.82 Å². The molecule has 0 saturated carbocycles. The molecule has 2 heterocycles. The zero-order chi connectivity index (χ0) is 15.5. The van der Waals surface area contributed by atoms with Crippen LogP contribution < -0.4 is 9.80 Å². The number of nitrogens with zero attached hydrogens (tertiary/aromatic N) is 4. The van der Waals surface area contributed by atoms with Crippen LogP contribution >= 0.6 is 0 Å². The third-order valence-electron chi connectivity index (χ3n) is 4.57. The second-order valence-electron chi connectivity index (χ2n) is 6.23. The minimum Gasteiger partial charge on any atom is -0.356 e. The molecule has 1 aromatic heterocycles. The summed E-state index contributed by atoms with van der Waals surface area (Å²) in [4.78, 5) is 14.4. The van der Waals surface area contributed by atoms with E-state index in [1.54, 1.807) is 0 Å². The predicted octanol–water partition coefficient (Wildman–Crippen LogP) is 3.71. The standard InChI is InChI=1S/C18H26N4/c1-4-21(5-2)17-15-10-6-7-11-16(15)19-18(20-17)22-12-8-9-14(3)13-22/h6-7,10-11,14H,4-5,8-9,12-13H2,1-3H3. The van der Waals surface area contributed by atoms with Crippen LogP contribution in [0.15, 0.2) is 24.3 Å². The summed E-state index contributed by atoms with van der Waals surface area (Å²) in [7, 11) is 0. The van der Waals surface area contributed by atoms with Crippen LogP contribution in [0.3, 0.4) is 0 Å². The van der Waals surface area contributed by atoms with Gasteiger partial charge in [0.05, 0.1) is 5.52 Å². The Hall–Kier alpha value is -1.84. The highest BCUT2D eigenvalue weighted by Gasteiger charge is 2.21. The van der Waals surface area contributed by atoms with Crippen LogP contribution in [-0.4, -0.2) is 36.1 Å². The molecule has 0 N–H and O–H groups in total. The summed E-state index contributed by atoms with van der Waals surface area (Å²) in [5.41, 5.74) is 1.05. The molecule has 0 spiro atoms. The SMILES string of the molecule is CCN(CC)c1nc(N2CCCC(C)C2)nc2ccccc12. The number of hydrogen-bond acceptors (Lipinski definition) is 4. The van der Waals surface area contributed by atoms with E-state index in [0.717, 1.165) is 54.8 Å². The maximum absolute atomic E-state index is 4.94. The Bertz CT molecular complexity index is 636. The van der Waals surface area contributed by atoms with Crippen molar-refractivity contribution in [3.05, 3.63) is 24.3 Å². The average Bonchev–Trinajstić information content (AvgIpc) is 2.55. The second kappa shape index (κ2) is 6.51. The van der Waals surface area contributed by atoms with Crippen LogP contribution in [0.2, 0.25) is 0 Å². The van der Waals surface area contributed by atoms with Crippen LogP contribution in [0.1, 0.15) is 33.6 Å². The van der Waals surface area contributed by atoms with Crippen molar-refractivity contribution < 1.29 is 0 Å². The van der Waals surface area contributed by atoms with Crippen molar-refractivity contribution in [2.45, 2.75) is 33.6 Å². The minimum atomic E-state index is 0.723. The normalized spacial score (nSPS) is 18.7. The predicted molar refractivity (Wildman–Crippen MR) is 93.7 cm³/mol. The molecule has 1 aliphatic rings. The van der Waals surface area contributed by atoms with Crippen molar-refractivity contribution in [3.8, 4) is 0 Å². The molecule has 1 saturated heterocycles. The molecule has 4 heteroatoms. The molecule has 1 atom stereocenters. The van der Waals surface area contributed by atoms with Crippen molar-refractivity contribution in [2.24, 2.45) is 5.92 Å². The first-order valence-corrected chi connectivity index (χ1v) is 8.49. The van der Waals surface area contributed by atoms with Gasteiger partial charge in [0.2, 0.25) is 5.95 Å². The Morgan fingerprint density at radius 3 is 2.68 bits per heavy atom. The van der Waals surface area contributed by atoms with Gasteiger partial charge in [0.25, 0.3) is 0 Å². The molecular formula is C18H26N4. The second-order valence-corrected chi connectivity index (χ2v) is 6.23. The van der Waals surface area contributed by atoms with E-state index in [1.807, 2.05) is 0 Å². The van der Waals surface area contributed by atoms with E-state index in [9.17, 15) is 0 Å². The van der Waals surface area contributed by atoms with Crippen LogP contribution in [0.5, 0.6) is 0 Å². The Morgan fingerprint density at radius 2 is 1.95 bits per heavy atom. The van der Waals surface area contributed by atoms with Gasteiger partial charge in [0.15, 0.2) is 0 Å². The third-order valence-corrected chi connectivity index (χ3v) is 4.57. The van der Waals surface area contributed by atoms with E-state index in [1.165, 1.54) is 12.8 Å². The van der Waals surface area contributed by atoms with Gasteiger partial charge >= 0.3 is 0 Å². The minimum absolute atomic E-state index is 0.723. The largest absolute Gasteiger partial charge is 0.356 e. The van der Waals surface area contributed by atoms with E-state index >= 15 is 0 Å². The van der Waals surface area contributed by atoms with Crippen molar-refractivity contribution in [2.75, 3.05) is 36.0 Å². The van der Waals surface area contributed by atoms with Gasteiger partial charge in [0, 0.05) is 31.6 Å². The fourth-order valence-corrected chi connectivity index (χ4v) is 3.32. The van der Waals surface area contributed by atoms with Crippen LogP contribution in [-0.2, 0) is 0 Å². The Labute approximate surface area is 133 Å². The Balaban J connectivity index is 2.07. The van der Waals surface area contributed by atoms with Crippen molar-refractivity contribution in [3.63, 3.8) is 0 Å². The van der Waals surface area contributed by atoms with Gasteiger partial charge in [-0.1, -0.05) is 19.1 Å². The quantitative estimate of drug-likeness (QED) is 0.861. The maximum atomic E-state index is 4.94. The lowest BCUT2D eigenvalue weighted by Gasteiger charge is -2.32. The van der Waals surface area contributed by atoms with E-state index in [2.05, 4.69) is 54.8 Å². The fraction of sp³-hybridized carbons (Fsp3) is 0.556. The number of anilines is 2. The molecule has 0 amide bonds. The van der Waals surface area contributed by atoms with Crippen LogP contribution in [0, 0.1) is 5.92 Å². The summed E-state index contributed by atoms with van der Waals surface area (Å²) in [5.74, 6) is 2.69. The summed E-state index contributed by atoms with van der Waals surface area (Å²) in [6, 6.07) is 8.36. The fourth-order valence-electron chi connectivity index (χ4n) is 3.32. The smallest absolute Gasteiger partial charge is 0.227 e. The van der Waals surface area contributed by atoms with Crippen molar-refractivity contribution in [1.82, 2.24) is 9.97 Å². The molecule has 0 radical (unpaired) electrons. The van der Waals surface area contributed by atoms with Gasteiger partial charge in [-0.25, -0.2) is 4.98 Å². The van der Waals surface area contributed by atoms with E-state index in [0.29, 0.717) is 0 Å². The number of rotatable bonds is 4. The van der Waals surface area contributed by atoms with Gasteiger partial charge in [-0.2, -0.15) is 4.98 Å². The molecule has 22 heavy (non-hydrogen) atoms. The summed E-state index contributed by atoms with van der Waals surface area (Å²) >= 11 is 0. The molecule has 1 fully saturated rings. The van der Waals surface area contributed by atoms with Gasteiger partial charge < -0.3 is 9.80 Å². The van der Waals surface area contributed by atoms with E-state index in [4.69, 9.17) is 9.97 Å². The zero-order valence-electron chi connectivity index (χ0n) is 13.9. The molecular weight excluding hydrogens is 272 g/mol. The lowest BCUT2D eigenvalue weighted by Crippen LogP contribution is -2.36. The van der Waals surface area contributed by atoms with Gasteiger partial charge in [-0.3, -0.25) is 0 Å². The number of aromatic nitrogens is 2. The topological polar surface area (TPSA) is 32.3 Å². The monoisotopic (exact) mass is 298 g/mol. The molecule has 0 aliphatic carbocycles. The number of hydrogen-bond donors (Lipinski definition) is 0. The number of para-hydroxylation sites is 1. The molecule has 1 unspecified atom stereocenters. The van der Waals surface area contributed by atoms with Crippen molar-refractivity contribution >= 4 is 22.7 Å². The van der Waals surface area contributed by atoms with E-state index in [-0.39, 0.29) is 0 Å². The lowest BCUT2D eigenvalue weighted by molar-refractivity contribution is 0.442. The summed E-state index contributed by atoms with van der Waals surface area (Å²) in [6.45, 7) is 10.8. The van der Waals surface area contributed by atoms with Crippen molar-refractivity contribution in [1.29, 1.82) is 0 Å². The Morgan fingerprint density at radius 1 is 1.18 bits per heavy atom. The summed E-state index contributed by atoms with van der Waals surface area (Å²) in [6.07, 6.45) is 2.55. The highest BCUT2D eigenvalue weighted by atomic mass is 15.3. The molecule has 1 aromatic carbocycles. The highest BCUT2D eigenvalue weighted by Crippen LogP contribution is 2.28. The van der Waals surface area contributed by atoms with Gasteiger partial charge in [-0.15, -0.1) is 0 Å². The van der Waals surface area contributed by atoms with Crippen LogP contribution in [0.25, 0.3) is 10.9 Å². The molecule has 0 bridgehead atoms. The average molecular weight is 298 g/mol. The third kappa shape index (κ3) is 2.87. The summed E-state index contributed by atoms with van der Waals surface area (Å²) < 4.78 is 0. The van der Waals surface area contributed by atoms with Gasteiger partial charge in [-0.05, 0) is 44.7 Å². The Kier molecular flexibility index (Phi) is 4.46. The molecule has 1 aliphatic heterocycles. The first-order chi connectivity index (χ1) is 10.7. The lowest BCUT2D eigenvalue weighted by atomic mass is 10.0. The number of piperidine rings is 1. The number of benzene rings is 1. The van der Waals surface area contributed by atoms with E-state index < -0.39 is 0 Å². The maximum Gasteiger partial charge on any atom is 0.227 e. The molecule has 118 valence electrons. The first kappa shape index (κ1) is 15.1. The molecule has 2 aromatic rings. The summed E-state index contributed by atoms with van der Waals surface area (Å²) in [5, 5.41) is 1.15. The van der Waals surface area contributed by atoms with Crippen LogP contribution in [0.4, 0.5) is 11.8 Å². The zero-order valence-corrected chi connectivity index (χ0v) is 13.9.